The molecule has 1 aliphatic rings. The number of carbonyl (C=O) groups is 1. The molecular weight excluding hydrogens is 356 g/mol. The summed E-state index contributed by atoms with van der Waals surface area (Å²) in [5, 5.41) is 2.77. The van der Waals surface area contributed by atoms with E-state index in [4.69, 9.17) is 0 Å². The van der Waals surface area contributed by atoms with Crippen LogP contribution in [0.15, 0.2) is 47.4 Å². The number of hydrogen-bond acceptors (Lipinski definition) is 4. The second kappa shape index (κ2) is 7.49. The van der Waals surface area contributed by atoms with E-state index in [1.165, 1.54) is 29.3 Å². The Balaban J connectivity index is 1.61. The zero-order chi connectivity index (χ0) is 17.9. The minimum absolute atomic E-state index is 0.173. The van der Waals surface area contributed by atoms with E-state index < -0.39 is 10.0 Å². The van der Waals surface area contributed by atoms with Gasteiger partial charge in [-0.1, -0.05) is 18.2 Å². The molecule has 0 aliphatic heterocycles. The second-order valence-corrected chi connectivity index (χ2v) is 8.84. The molecule has 0 saturated carbocycles. The molecule has 1 amide bonds. The van der Waals surface area contributed by atoms with Gasteiger partial charge in [0.05, 0.1) is 23.4 Å². The first-order valence-corrected chi connectivity index (χ1v) is 10.9. The van der Waals surface area contributed by atoms with Crippen LogP contribution >= 0.6 is 11.8 Å². The first-order valence-electron chi connectivity index (χ1n) is 8.02. The summed E-state index contributed by atoms with van der Waals surface area (Å²) in [6, 6.07) is 13.1. The van der Waals surface area contributed by atoms with E-state index in [0.29, 0.717) is 11.4 Å². The highest BCUT2D eigenvalue weighted by molar-refractivity contribution is 8.00. The first-order chi connectivity index (χ1) is 11.9. The van der Waals surface area contributed by atoms with Crippen molar-refractivity contribution in [2.24, 2.45) is 0 Å². The van der Waals surface area contributed by atoms with Gasteiger partial charge in [0.1, 0.15) is 0 Å². The maximum Gasteiger partial charge on any atom is 0.234 e. The van der Waals surface area contributed by atoms with Crippen LogP contribution < -0.4 is 10.0 Å². The number of nitrogens with one attached hydrogen (secondary N) is 2. The molecule has 5 nitrogen and oxygen atoms in total. The Morgan fingerprint density at radius 1 is 1.08 bits per heavy atom. The molecule has 0 saturated heterocycles. The van der Waals surface area contributed by atoms with Crippen molar-refractivity contribution >= 4 is 39.1 Å². The van der Waals surface area contributed by atoms with Gasteiger partial charge in [0.15, 0.2) is 0 Å². The number of sulfonamides is 1. The van der Waals surface area contributed by atoms with Crippen LogP contribution in [0.5, 0.6) is 0 Å². The van der Waals surface area contributed by atoms with Crippen molar-refractivity contribution in [3.63, 3.8) is 0 Å². The molecule has 7 heteroatoms. The predicted molar refractivity (Wildman–Crippen MR) is 103 cm³/mol. The van der Waals surface area contributed by atoms with E-state index in [1.807, 2.05) is 0 Å². The number of carbonyl (C=O) groups excluding carboxylic acids is 1. The molecule has 2 aromatic carbocycles. The predicted octanol–water partition coefficient (Wildman–Crippen LogP) is 3.28. The van der Waals surface area contributed by atoms with E-state index in [2.05, 4.69) is 28.2 Å². The number of thioether (sulfide) groups is 1. The third-order valence-electron chi connectivity index (χ3n) is 3.94. The summed E-state index contributed by atoms with van der Waals surface area (Å²) in [6.45, 7) is 0. The lowest BCUT2D eigenvalue weighted by Gasteiger charge is -2.12. The normalized spacial score (nSPS) is 13.3. The molecular formula is C18H20N2O3S2. The number of fused-ring (bicyclic) bond motifs is 1. The standard InChI is InChI=1S/C18H20N2O3S2/c1-25(22,23)20-17-8-3-2-7-16(17)19-18(21)12-24-15-10-9-13-5-4-6-14(13)11-15/h2-3,7-11,20H,4-6,12H2,1H3,(H,19,21). The summed E-state index contributed by atoms with van der Waals surface area (Å²) in [5.41, 5.74) is 3.61. The molecule has 25 heavy (non-hydrogen) atoms. The van der Waals surface area contributed by atoms with E-state index in [1.54, 1.807) is 24.3 Å². The monoisotopic (exact) mass is 376 g/mol. The maximum absolute atomic E-state index is 12.2. The van der Waals surface area contributed by atoms with Crippen LogP contribution in [0.25, 0.3) is 0 Å². The van der Waals surface area contributed by atoms with Gasteiger partial charge in [0.2, 0.25) is 15.9 Å². The van der Waals surface area contributed by atoms with Gasteiger partial charge in [-0.25, -0.2) is 8.42 Å². The van der Waals surface area contributed by atoms with Crippen molar-refractivity contribution in [2.75, 3.05) is 22.0 Å². The lowest BCUT2D eigenvalue weighted by Crippen LogP contribution is -2.17. The third-order valence-corrected chi connectivity index (χ3v) is 5.52. The Labute approximate surface area is 152 Å². The fourth-order valence-corrected chi connectivity index (χ4v) is 4.19. The van der Waals surface area contributed by atoms with E-state index >= 15 is 0 Å². The van der Waals surface area contributed by atoms with Gasteiger partial charge in [0.25, 0.3) is 0 Å². The highest BCUT2D eigenvalue weighted by atomic mass is 32.2. The zero-order valence-corrected chi connectivity index (χ0v) is 15.5. The Morgan fingerprint density at radius 3 is 2.56 bits per heavy atom. The van der Waals surface area contributed by atoms with Crippen LogP contribution in [0, 0.1) is 0 Å². The molecule has 0 spiro atoms. The van der Waals surface area contributed by atoms with Crippen LogP contribution in [-0.2, 0) is 27.7 Å². The Kier molecular flexibility index (Phi) is 5.34. The van der Waals surface area contributed by atoms with Gasteiger partial charge in [-0.05, 0) is 54.7 Å². The van der Waals surface area contributed by atoms with E-state index in [0.717, 1.165) is 24.0 Å². The van der Waals surface area contributed by atoms with Crippen LogP contribution in [-0.4, -0.2) is 26.3 Å². The number of aryl methyl sites for hydroxylation is 2. The summed E-state index contributed by atoms with van der Waals surface area (Å²) in [7, 11) is -3.40. The average Bonchev–Trinajstić information content (AvgIpc) is 3.01. The first kappa shape index (κ1) is 17.8. The average molecular weight is 377 g/mol. The quantitative estimate of drug-likeness (QED) is 0.759. The van der Waals surface area contributed by atoms with Crippen LogP contribution in [0.1, 0.15) is 17.5 Å². The summed E-state index contributed by atoms with van der Waals surface area (Å²) in [4.78, 5) is 13.3. The molecule has 0 heterocycles. The van der Waals surface area contributed by atoms with Crippen LogP contribution in [0.4, 0.5) is 11.4 Å². The molecule has 2 N–H and O–H groups in total. The fourth-order valence-electron chi connectivity index (χ4n) is 2.85. The number of para-hydroxylation sites is 2. The summed E-state index contributed by atoms with van der Waals surface area (Å²) in [5.74, 6) is 0.0969. The zero-order valence-electron chi connectivity index (χ0n) is 13.9. The summed E-state index contributed by atoms with van der Waals surface area (Å²) < 4.78 is 25.2. The maximum atomic E-state index is 12.2. The van der Waals surface area contributed by atoms with Gasteiger partial charge in [0, 0.05) is 4.90 Å². The topological polar surface area (TPSA) is 75.3 Å². The van der Waals surface area contributed by atoms with Gasteiger partial charge in [-0.15, -0.1) is 11.8 Å². The van der Waals surface area contributed by atoms with Crippen molar-refractivity contribution in [3.05, 3.63) is 53.6 Å². The fraction of sp³-hybridized carbons (Fsp3) is 0.278. The Morgan fingerprint density at radius 2 is 1.80 bits per heavy atom. The molecule has 0 bridgehead atoms. The molecule has 0 aromatic heterocycles. The van der Waals surface area contributed by atoms with Crippen molar-refractivity contribution < 1.29 is 13.2 Å². The van der Waals surface area contributed by atoms with Gasteiger partial charge in [-0.2, -0.15) is 0 Å². The number of hydrogen-bond donors (Lipinski definition) is 2. The minimum Gasteiger partial charge on any atom is -0.324 e. The van der Waals surface area contributed by atoms with Gasteiger partial charge in [-0.3, -0.25) is 9.52 Å². The largest absolute Gasteiger partial charge is 0.324 e. The van der Waals surface area contributed by atoms with Crippen molar-refractivity contribution in [1.82, 2.24) is 0 Å². The highest BCUT2D eigenvalue weighted by Gasteiger charge is 2.13. The number of rotatable bonds is 6. The van der Waals surface area contributed by atoms with E-state index in [-0.39, 0.29) is 11.7 Å². The number of benzene rings is 2. The van der Waals surface area contributed by atoms with Gasteiger partial charge < -0.3 is 5.32 Å². The smallest absolute Gasteiger partial charge is 0.234 e. The molecule has 132 valence electrons. The molecule has 0 radical (unpaired) electrons. The molecule has 1 aliphatic carbocycles. The molecule has 2 aromatic rings. The Hall–Kier alpha value is -1.99. The summed E-state index contributed by atoms with van der Waals surface area (Å²) >= 11 is 1.48. The SMILES string of the molecule is CS(=O)(=O)Nc1ccccc1NC(=O)CSc1ccc2c(c1)CCC2. The second-order valence-electron chi connectivity index (χ2n) is 6.04. The molecule has 0 unspecified atom stereocenters. The van der Waals surface area contributed by atoms with Crippen molar-refractivity contribution in [3.8, 4) is 0 Å². The Bertz CT molecular complexity index is 895. The third kappa shape index (κ3) is 4.99. The summed E-state index contributed by atoms with van der Waals surface area (Å²) in [6.07, 6.45) is 4.54. The lowest BCUT2D eigenvalue weighted by molar-refractivity contribution is -0.113. The van der Waals surface area contributed by atoms with E-state index in [9.17, 15) is 13.2 Å². The minimum atomic E-state index is -3.40. The number of anilines is 2. The van der Waals surface area contributed by atoms with Crippen molar-refractivity contribution in [1.29, 1.82) is 0 Å². The molecule has 0 atom stereocenters. The van der Waals surface area contributed by atoms with Crippen LogP contribution in [0.3, 0.4) is 0 Å². The highest BCUT2D eigenvalue weighted by Crippen LogP contribution is 2.28. The molecule has 3 rings (SSSR count). The molecule has 0 fully saturated rings. The number of amides is 1. The van der Waals surface area contributed by atoms with Crippen molar-refractivity contribution in [2.45, 2.75) is 24.2 Å². The van der Waals surface area contributed by atoms with Gasteiger partial charge >= 0.3 is 0 Å². The lowest BCUT2D eigenvalue weighted by atomic mass is 10.1. The van der Waals surface area contributed by atoms with Crippen LogP contribution in [0.2, 0.25) is 0 Å².